The van der Waals surface area contributed by atoms with Gasteiger partial charge in [-0.25, -0.2) is 18.4 Å². The SMILES string of the molecule is C=Nc1nc(-c2ccccc2)cs1.CCN(CC)c1ccc(C)c(OCc2cc(C(C)(C)c3ccc(Oc4ccc(S(=O)(=O)c5ccccc5)cc4)cc3)ccc2O)c1. The zero-order valence-corrected chi connectivity index (χ0v) is 35.6. The van der Waals surface area contributed by atoms with Gasteiger partial charge >= 0.3 is 0 Å². The summed E-state index contributed by atoms with van der Waals surface area (Å²) in [6.07, 6.45) is 0. The number of aliphatic imine (C=N–C) groups is 1. The summed E-state index contributed by atoms with van der Waals surface area (Å²) in [6.45, 7) is 16.1. The van der Waals surface area contributed by atoms with E-state index in [-0.39, 0.29) is 27.6 Å². The van der Waals surface area contributed by atoms with Gasteiger partial charge in [0.15, 0.2) is 0 Å². The molecule has 0 radical (unpaired) electrons. The third kappa shape index (κ3) is 10.3. The molecule has 7 rings (SSSR count). The van der Waals surface area contributed by atoms with E-state index in [0.717, 1.165) is 63.2 Å². The molecular weight excluding hydrogens is 775 g/mol. The molecule has 7 aromatic rings. The predicted molar refractivity (Wildman–Crippen MR) is 241 cm³/mol. The van der Waals surface area contributed by atoms with Crippen LogP contribution in [0.1, 0.15) is 49.9 Å². The van der Waals surface area contributed by atoms with Crippen molar-refractivity contribution in [3.8, 4) is 34.3 Å². The van der Waals surface area contributed by atoms with Crippen LogP contribution in [0.3, 0.4) is 0 Å². The molecule has 302 valence electrons. The van der Waals surface area contributed by atoms with Crippen LogP contribution in [-0.2, 0) is 21.9 Å². The number of aryl methyl sites for hydroxylation is 1. The third-order valence-electron chi connectivity index (χ3n) is 10.2. The van der Waals surface area contributed by atoms with Gasteiger partial charge in [0.05, 0.1) is 15.5 Å². The summed E-state index contributed by atoms with van der Waals surface area (Å²) in [5, 5.41) is 13.4. The Morgan fingerprint density at radius 1 is 0.763 bits per heavy atom. The number of aromatic hydroxyl groups is 1. The van der Waals surface area contributed by atoms with Crippen LogP contribution in [0.2, 0.25) is 0 Å². The first-order chi connectivity index (χ1) is 28.4. The molecule has 0 saturated heterocycles. The second-order valence-electron chi connectivity index (χ2n) is 14.3. The lowest BCUT2D eigenvalue weighted by Gasteiger charge is -2.27. The lowest BCUT2D eigenvalue weighted by molar-refractivity contribution is 0.297. The fourth-order valence-corrected chi connectivity index (χ4v) is 8.43. The van der Waals surface area contributed by atoms with E-state index in [1.807, 2.05) is 79.0 Å². The van der Waals surface area contributed by atoms with Gasteiger partial charge in [0.1, 0.15) is 29.6 Å². The van der Waals surface area contributed by atoms with Gasteiger partial charge < -0.3 is 19.5 Å². The number of sulfone groups is 1. The van der Waals surface area contributed by atoms with E-state index in [1.165, 1.54) is 11.3 Å². The second-order valence-corrected chi connectivity index (χ2v) is 17.1. The molecule has 0 fully saturated rings. The zero-order chi connectivity index (χ0) is 42.0. The van der Waals surface area contributed by atoms with Crippen LogP contribution >= 0.6 is 11.3 Å². The number of thiazole rings is 1. The first kappa shape index (κ1) is 42.4. The largest absolute Gasteiger partial charge is 0.508 e. The maximum Gasteiger partial charge on any atom is 0.209 e. The zero-order valence-electron chi connectivity index (χ0n) is 34.0. The molecule has 0 unspecified atom stereocenters. The van der Waals surface area contributed by atoms with Crippen molar-refractivity contribution in [2.45, 2.75) is 56.4 Å². The molecular formula is C49H49N3O5S2. The minimum atomic E-state index is -3.59. The Kier molecular flexibility index (Phi) is 13.7. The number of anilines is 1. The molecule has 0 aliphatic carbocycles. The number of benzene rings is 6. The second kappa shape index (κ2) is 19.0. The Hall–Kier alpha value is -6.23. The number of hydrogen-bond acceptors (Lipinski definition) is 9. The molecule has 10 heteroatoms. The normalized spacial score (nSPS) is 11.3. The summed E-state index contributed by atoms with van der Waals surface area (Å²) >= 11 is 1.50. The van der Waals surface area contributed by atoms with Crippen LogP contribution in [0.4, 0.5) is 10.8 Å². The first-order valence-electron chi connectivity index (χ1n) is 19.4. The van der Waals surface area contributed by atoms with Crippen LogP contribution in [0.5, 0.6) is 23.0 Å². The van der Waals surface area contributed by atoms with E-state index >= 15 is 0 Å². The highest BCUT2D eigenvalue weighted by molar-refractivity contribution is 7.91. The summed E-state index contributed by atoms with van der Waals surface area (Å²) in [5.41, 5.74) is 6.71. The van der Waals surface area contributed by atoms with Crippen LogP contribution < -0.4 is 14.4 Å². The van der Waals surface area contributed by atoms with E-state index in [1.54, 1.807) is 60.7 Å². The Labute approximate surface area is 352 Å². The third-order valence-corrected chi connectivity index (χ3v) is 12.7. The van der Waals surface area contributed by atoms with Crippen molar-refractivity contribution in [3.05, 3.63) is 173 Å². The van der Waals surface area contributed by atoms with E-state index in [4.69, 9.17) is 9.47 Å². The topological polar surface area (TPSA) is 101 Å². The van der Waals surface area contributed by atoms with Gasteiger partial charge in [-0.15, -0.1) is 11.3 Å². The number of ether oxygens (including phenoxy) is 2. The number of phenols is 1. The number of rotatable bonds is 14. The van der Waals surface area contributed by atoms with Crippen molar-refractivity contribution in [3.63, 3.8) is 0 Å². The lowest BCUT2D eigenvalue weighted by Crippen LogP contribution is -2.21. The summed E-state index contributed by atoms with van der Waals surface area (Å²) in [7, 11) is -3.59. The molecule has 0 spiro atoms. The summed E-state index contributed by atoms with van der Waals surface area (Å²) in [6, 6.07) is 44.6. The van der Waals surface area contributed by atoms with Crippen molar-refractivity contribution in [1.82, 2.24) is 4.98 Å². The first-order valence-corrected chi connectivity index (χ1v) is 21.8. The number of nitrogens with zero attached hydrogens (tertiary/aromatic N) is 3. The van der Waals surface area contributed by atoms with E-state index in [9.17, 15) is 13.5 Å². The molecule has 0 bridgehead atoms. The molecule has 1 aromatic heterocycles. The molecule has 0 aliphatic heterocycles. The van der Waals surface area contributed by atoms with Crippen molar-refractivity contribution in [2.24, 2.45) is 4.99 Å². The molecule has 59 heavy (non-hydrogen) atoms. The Balaban J connectivity index is 0.000000379. The monoisotopic (exact) mass is 823 g/mol. The van der Waals surface area contributed by atoms with E-state index in [0.29, 0.717) is 11.5 Å². The highest BCUT2D eigenvalue weighted by atomic mass is 32.2. The van der Waals surface area contributed by atoms with Crippen LogP contribution in [-0.4, -0.2) is 38.3 Å². The molecule has 0 saturated carbocycles. The minimum Gasteiger partial charge on any atom is -0.508 e. The van der Waals surface area contributed by atoms with Gasteiger partial charge in [-0.3, -0.25) is 0 Å². The number of hydrogen-bond donors (Lipinski definition) is 1. The summed E-state index contributed by atoms with van der Waals surface area (Å²) in [4.78, 5) is 10.8. The molecule has 0 aliphatic rings. The van der Waals surface area contributed by atoms with Crippen LogP contribution in [0, 0.1) is 6.92 Å². The van der Waals surface area contributed by atoms with Crippen molar-refractivity contribution in [2.75, 3.05) is 18.0 Å². The number of phenolic OH excluding ortho intramolecular Hbond substituents is 1. The molecule has 8 nitrogen and oxygen atoms in total. The Bertz CT molecular complexity index is 2570. The van der Waals surface area contributed by atoms with E-state index in [2.05, 4.69) is 67.5 Å². The summed E-state index contributed by atoms with van der Waals surface area (Å²) < 4.78 is 38.1. The highest BCUT2D eigenvalue weighted by Gasteiger charge is 2.25. The quantitative estimate of drug-likeness (QED) is 0.109. The van der Waals surface area contributed by atoms with Crippen molar-refractivity contribution < 1.29 is 23.0 Å². The van der Waals surface area contributed by atoms with Gasteiger partial charge in [0.2, 0.25) is 15.0 Å². The molecule has 0 atom stereocenters. The average Bonchev–Trinajstić information content (AvgIpc) is 3.76. The fraction of sp³-hybridized carbons (Fsp3) is 0.184. The average molecular weight is 824 g/mol. The summed E-state index contributed by atoms with van der Waals surface area (Å²) in [5.74, 6) is 2.18. The smallest absolute Gasteiger partial charge is 0.209 e. The van der Waals surface area contributed by atoms with Gasteiger partial charge in [-0.1, -0.05) is 86.6 Å². The maximum atomic E-state index is 12.9. The molecule has 1 N–H and O–H groups in total. The van der Waals surface area contributed by atoms with Gasteiger partial charge in [0.25, 0.3) is 0 Å². The van der Waals surface area contributed by atoms with Gasteiger partial charge in [0, 0.05) is 46.8 Å². The van der Waals surface area contributed by atoms with Crippen LogP contribution in [0.25, 0.3) is 11.3 Å². The molecule has 6 aromatic carbocycles. The molecule has 0 amide bonds. The van der Waals surface area contributed by atoms with E-state index < -0.39 is 9.84 Å². The van der Waals surface area contributed by atoms with Gasteiger partial charge in [-0.2, -0.15) is 0 Å². The van der Waals surface area contributed by atoms with Crippen molar-refractivity contribution >= 4 is 38.7 Å². The van der Waals surface area contributed by atoms with Crippen LogP contribution in [0.15, 0.2) is 166 Å². The maximum absolute atomic E-state index is 12.9. The van der Waals surface area contributed by atoms with Crippen molar-refractivity contribution in [1.29, 1.82) is 0 Å². The highest BCUT2D eigenvalue weighted by Crippen LogP contribution is 2.36. The number of aromatic nitrogens is 1. The Morgan fingerprint density at radius 2 is 1.36 bits per heavy atom. The molecule has 1 heterocycles. The Morgan fingerprint density at radius 3 is 1.97 bits per heavy atom. The minimum absolute atomic E-state index is 0.198. The standard InChI is InChI=1S/C39H41NO5S.C10H8N2S/c1-6-40(7-2)32-17-13-28(3)38(26-32)44-27-29-25-31(16-24-37(29)41)39(4,5)30-14-18-33(19-15-30)45-34-20-22-36(23-21-34)46(42,43)35-11-9-8-10-12-35;1-11-10-12-9(7-13-10)8-5-3-2-4-6-8/h8-26,41H,6-7,27H2,1-5H3;2-7H,1H2. The predicted octanol–water partition coefficient (Wildman–Crippen LogP) is 12.2. The fourth-order valence-electron chi connectivity index (χ4n) is 6.52. The lowest BCUT2D eigenvalue weighted by atomic mass is 9.77. The van der Waals surface area contributed by atoms with Gasteiger partial charge in [-0.05, 0) is 111 Å².